The number of nitrogens with one attached hydrogen (secondary N) is 2. The van der Waals surface area contributed by atoms with Crippen LogP contribution in [-0.4, -0.2) is 62.6 Å². The molecule has 0 aromatic heterocycles. The Labute approximate surface area is 183 Å². The minimum absolute atomic E-state index is 0.127. The van der Waals surface area contributed by atoms with Crippen molar-refractivity contribution in [3.63, 3.8) is 0 Å². The maximum atomic E-state index is 13.1. The van der Waals surface area contributed by atoms with E-state index in [1.165, 1.54) is 5.56 Å². The van der Waals surface area contributed by atoms with Crippen LogP contribution in [0.4, 0.5) is 5.69 Å². The van der Waals surface area contributed by atoms with Gasteiger partial charge in [0.15, 0.2) is 0 Å². The number of anilines is 1. The molecule has 4 rings (SSSR count). The molecule has 1 atom stereocenters. The quantitative estimate of drug-likeness (QED) is 0.700. The van der Waals surface area contributed by atoms with Crippen LogP contribution in [-0.2, 0) is 22.5 Å². The summed E-state index contributed by atoms with van der Waals surface area (Å²) in [5.41, 5.74) is 2.86. The van der Waals surface area contributed by atoms with Crippen molar-refractivity contribution in [3.8, 4) is 5.75 Å². The fourth-order valence-electron chi connectivity index (χ4n) is 4.22. The standard InChI is InChI=1S/C24H30N4O3/c1-30-14-12-25-23-24(26-16-19-5-3-4-6-21(19)27-23)11-13-28(17-24)22(29)15-18-7-9-20(31-2)10-8-18/h3-10,26H,11-17H2,1-2H3,(H,25,27)/t24-/m0/s1. The predicted octanol–water partition coefficient (Wildman–Crippen LogP) is 2.47. The van der Waals surface area contributed by atoms with E-state index < -0.39 is 0 Å². The van der Waals surface area contributed by atoms with Crippen LogP contribution in [0.15, 0.2) is 53.5 Å². The highest BCUT2D eigenvalue weighted by Gasteiger charge is 2.45. The van der Waals surface area contributed by atoms with Crippen molar-refractivity contribution in [1.29, 1.82) is 0 Å². The number of fused-ring (bicyclic) bond motifs is 1. The number of rotatable bonds is 6. The third kappa shape index (κ3) is 4.73. The van der Waals surface area contributed by atoms with E-state index in [1.54, 1.807) is 14.2 Å². The zero-order valence-corrected chi connectivity index (χ0v) is 18.2. The fourth-order valence-corrected chi connectivity index (χ4v) is 4.22. The Bertz CT molecular complexity index is 944. The van der Waals surface area contributed by atoms with Gasteiger partial charge < -0.3 is 19.7 Å². The molecule has 2 aliphatic heterocycles. The molecule has 1 saturated heterocycles. The van der Waals surface area contributed by atoms with E-state index >= 15 is 0 Å². The van der Waals surface area contributed by atoms with Gasteiger partial charge in [0.1, 0.15) is 11.6 Å². The van der Waals surface area contributed by atoms with E-state index in [4.69, 9.17) is 14.5 Å². The van der Waals surface area contributed by atoms with Gasteiger partial charge in [-0.05, 0) is 35.7 Å². The zero-order valence-electron chi connectivity index (χ0n) is 18.2. The fraction of sp³-hybridized carbons (Fsp3) is 0.417. The highest BCUT2D eigenvalue weighted by atomic mass is 16.5. The molecule has 0 radical (unpaired) electrons. The summed E-state index contributed by atoms with van der Waals surface area (Å²) in [5, 5.41) is 7.26. The highest BCUT2D eigenvalue weighted by molar-refractivity contribution is 6.04. The topological polar surface area (TPSA) is 75.2 Å². The van der Waals surface area contributed by atoms with E-state index in [9.17, 15) is 4.79 Å². The molecule has 7 heteroatoms. The van der Waals surface area contributed by atoms with Crippen molar-refractivity contribution < 1.29 is 14.3 Å². The smallest absolute Gasteiger partial charge is 0.227 e. The molecule has 1 spiro atoms. The third-order valence-corrected chi connectivity index (χ3v) is 6.04. The molecule has 2 N–H and O–H groups in total. The second-order valence-electron chi connectivity index (χ2n) is 8.03. The molecule has 2 aromatic carbocycles. The van der Waals surface area contributed by atoms with Gasteiger partial charge in [0.25, 0.3) is 0 Å². The highest BCUT2D eigenvalue weighted by Crippen LogP contribution is 2.30. The molecule has 0 bridgehead atoms. The average molecular weight is 423 g/mol. The molecule has 2 heterocycles. The van der Waals surface area contributed by atoms with Gasteiger partial charge in [-0.2, -0.15) is 0 Å². The number of amidine groups is 1. The summed E-state index contributed by atoms with van der Waals surface area (Å²) in [4.78, 5) is 19.8. The molecule has 1 fully saturated rings. The number of para-hydroxylation sites is 1. The number of hydrogen-bond acceptors (Lipinski definition) is 5. The lowest BCUT2D eigenvalue weighted by Crippen LogP contribution is -2.55. The summed E-state index contributed by atoms with van der Waals surface area (Å²) in [7, 11) is 3.32. The van der Waals surface area contributed by atoms with Gasteiger partial charge in [0.05, 0.1) is 32.2 Å². The van der Waals surface area contributed by atoms with Crippen molar-refractivity contribution in [2.75, 3.05) is 45.8 Å². The molecule has 1 amide bonds. The van der Waals surface area contributed by atoms with Crippen LogP contribution in [0.5, 0.6) is 5.75 Å². The molecule has 0 unspecified atom stereocenters. The van der Waals surface area contributed by atoms with Gasteiger partial charge in [-0.3, -0.25) is 15.1 Å². The van der Waals surface area contributed by atoms with Gasteiger partial charge in [-0.15, -0.1) is 0 Å². The number of amides is 1. The zero-order chi connectivity index (χ0) is 21.7. The Morgan fingerprint density at radius 1 is 1.16 bits per heavy atom. The van der Waals surface area contributed by atoms with Crippen LogP contribution in [0.1, 0.15) is 17.5 Å². The lowest BCUT2D eigenvalue weighted by Gasteiger charge is -2.30. The Morgan fingerprint density at radius 3 is 2.74 bits per heavy atom. The molecule has 0 saturated carbocycles. The van der Waals surface area contributed by atoms with E-state index in [2.05, 4.69) is 22.8 Å². The van der Waals surface area contributed by atoms with Gasteiger partial charge in [-0.25, -0.2) is 0 Å². The van der Waals surface area contributed by atoms with Crippen molar-refractivity contribution in [1.82, 2.24) is 10.2 Å². The van der Waals surface area contributed by atoms with Gasteiger partial charge >= 0.3 is 0 Å². The van der Waals surface area contributed by atoms with Crippen LogP contribution >= 0.6 is 0 Å². The Hall–Kier alpha value is -2.90. The number of likely N-dealkylation sites (tertiary alicyclic amines) is 1. The second kappa shape index (κ2) is 9.49. The molecule has 7 nitrogen and oxygen atoms in total. The van der Waals surface area contributed by atoms with Crippen molar-refractivity contribution >= 4 is 17.4 Å². The number of hydrogen-bond donors (Lipinski definition) is 2. The van der Waals surface area contributed by atoms with Crippen LogP contribution in [0.25, 0.3) is 0 Å². The van der Waals surface area contributed by atoms with E-state index in [0.717, 1.165) is 35.8 Å². The lowest BCUT2D eigenvalue weighted by molar-refractivity contribution is -0.129. The van der Waals surface area contributed by atoms with E-state index in [0.29, 0.717) is 32.7 Å². The number of benzene rings is 2. The van der Waals surface area contributed by atoms with Crippen LogP contribution < -0.4 is 15.4 Å². The minimum Gasteiger partial charge on any atom is -0.497 e. The first-order valence-electron chi connectivity index (χ1n) is 10.7. The first-order chi connectivity index (χ1) is 15.1. The van der Waals surface area contributed by atoms with Crippen molar-refractivity contribution in [2.24, 2.45) is 4.99 Å². The number of ether oxygens (including phenoxy) is 2. The molecular weight excluding hydrogens is 392 g/mol. The number of methoxy groups -OCH3 is 2. The SMILES string of the molecule is COCCN=C1Nc2ccccc2CN[C@]12CCN(C(=O)Cc1ccc(OC)cc1)C2. The lowest BCUT2D eigenvalue weighted by atomic mass is 9.96. The maximum absolute atomic E-state index is 13.1. The Kier molecular flexibility index (Phi) is 6.53. The molecule has 2 aliphatic rings. The number of carbonyl (C=O) groups excluding carboxylic acids is 1. The third-order valence-electron chi connectivity index (χ3n) is 6.04. The first kappa shape index (κ1) is 21.3. The molecule has 164 valence electrons. The normalized spacial score (nSPS) is 21.6. The monoisotopic (exact) mass is 422 g/mol. The van der Waals surface area contributed by atoms with Gasteiger partial charge in [0.2, 0.25) is 5.91 Å². The van der Waals surface area contributed by atoms with Crippen LogP contribution in [0, 0.1) is 0 Å². The summed E-state index contributed by atoms with van der Waals surface area (Å²) >= 11 is 0. The largest absolute Gasteiger partial charge is 0.497 e. The van der Waals surface area contributed by atoms with Gasteiger partial charge in [-0.1, -0.05) is 30.3 Å². The van der Waals surface area contributed by atoms with Crippen molar-refractivity contribution in [3.05, 3.63) is 59.7 Å². The summed E-state index contributed by atoms with van der Waals surface area (Å²) < 4.78 is 10.4. The molecule has 2 aromatic rings. The maximum Gasteiger partial charge on any atom is 0.227 e. The average Bonchev–Trinajstić information content (AvgIpc) is 3.17. The van der Waals surface area contributed by atoms with Crippen LogP contribution in [0.3, 0.4) is 0 Å². The molecule has 0 aliphatic carbocycles. The number of carbonyl (C=O) groups is 1. The number of nitrogens with zero attached hydrogens (tertiary/aromatic N) is 2. The molecule has 31 heavy (non-hydrogen) atoms. The molecular formula is C24H30N4O3. The first-order valence-corrected chi connectivity index (χ1v) is 10.7. The van der Waals surface area contributed by atoms with E-state index in [-0.39, 0.29) is 11.4 Å². The second-order valence-corrected chi connectivity index (χ2v) is 8.03. The van der Waals surface area contributed by atoms with E-state index in [1.807, 2.05) is 41.3 Å². The predicted molar refractivity (Wildman–Crippen MR) is 122 cm³/mol. The summed E-state index contributed by atoms with van der Waals surface area (Å²) in [6.45, 7) is 3.15. The van der Waals surface area contributed by atoms with Crippen LogP contribution in [0.2, 0.25) is 0 Å². The minimum atomic E-state index is -0.387. The summed E-state index contributed by atoms with van der Waals surface area (Å²) in [6.07, 6.45) is 1.19. The summed E-state index contributed by atoms with van der Waals surface area (Å²) in [6, 6.07) is 15.9. The Morgan fingerprint density at radius 2 is 1.97 bits per heavy atom. The summed E-state index contributed by atoms with van der Waals surface area (Å²) in [5.74, 6) is 1.80. The number of aliphatic imine (C=N–C) groups is 1. The van der Waals surface area contributed by atoms with Crippen molar-refractivity contribution in [2.45, 2.75) is 24.9 Å². The Balaban J connectivity index is 1.51. The van der Waals surface area contributed by atoms with Gasteiger partial charge in [0, 0.05) is 32.4 Å².